The molecule has 0 bridgehead atoms. The molecule has 1 aromatic carbocycles. The van der Waals surface area contributed by atoms with Gasteiger partial charge in [-0.3, -0.25) is 14.6 Å². The second-order valence-electron chi connectivity index (χ2n) is 5.64. The van der Waals surface area contributed by atoms with Crippen molar-refractivity contribution in [2.75, 3.05) is 7.05 Å². The summed E-state index contributed by atoms with van der Waals surface area (Å²) < 4.78 is 5.59. The molecular formula is C19H18N2O3. The third-order valence-corrected chi connectivity index (χ3v) is 3.89. The summed E-state index contributed by atoms with van der Waals surface area (Å²) in [5.74, 6) is -0.314. The number of aromatic nitrogens is 1. The van der Waals surface area contributed by atoms with E-state index in [0.29, 0.717) is 17.5 Å². The molecule has 2 heterocycles. The molecule has 0 unspecified atom stereocenters. The van der Waals surface area contributed by atoms with Crippen LogP contribution in [0.2, 0.25) is 0 Å². The van der Waals surface area contributed by atoms with Gasteiger partial charge in [-0.25, -0.2) is 0 Å². The van der Waals surface area contributed by atoms with Crippen molar-refractivity contribution in [2.24, 2.45) is 0 Å². The van der Waals surface area contributed by atoms with Gasteiger partial charge in [0.1, 0.15) is 5.58 Å². The fourth-order valence-corrected chi connectivity index (χ4v) is 2.47. The van der Waals surface area contributed by atoms with Crippen molar-refractivity contribution in [3.05, 3.63) is 75.9 Å². The van der Waals surface area contributed by atoms with E-state index < -0.39 is 0 Å². The van der Waals surface area contributed by atoms with E-state index in [-0.39, 0.29) is 17.1 Å². The van der Waals surface area contributed by atoms with Crippen molar-refractivity contribution >= 4 is 16.9 Å². The van der Waals surface area contributed by atoms with Crippen LogP contribution in [0.25, 0.3) is 11.0 Å². The molecule has 0 aliphatic rings. The van der Waals surface area contributed by atoms with Crippen LogP contribution in [0.3, 0.4) is 0 Å². The maximum absolute atomic E-state index is 12.5. The summed E-state index contributed by atoms with van der Waals surface area (Å²) in [6, 6.07) is 12.0. The van der Waals surface area contributed by atoms with E-state index in [4.69, 9.17) is 4.42 Å². The number of benzene rings is 1. The Hall–Kier alpha value is -2.95. The first kappa shape index (κ1) is 15.9. The first-order valence-corrected chi connectivity index (χ1v) is 7.80. The lowest BCUT2D eigenvalue weighted by Crippen LogP contribution is -2.27. The van der Waals surface area contributed by atoms with Crippen molar-refractivity contribution in [1.82, 2.24) is 9.88 Å². The lowest BCUT2D eigenvalue weighted by Gasteiger charge is -2.16. The van der Waals surface area contributed by atoms with Crippen LogP contribution in [-0.2, 0) is 13.0 Å². The Balaban J connectivity index is 1.83. The number of hydrogen-bond acceptors (Lipinski definition) is 4. The van der Waals surface area contributed by atoms with Crippen molar-refractivity contribution in [2.45, 2.75) is 19.9 Å². The van der Waals surface area contributed by atoms with Gasteiger partial charge in [0.25, 0.3) is 5.91 Å². The molecule has 5 heteroatoms. The SMILES string of the molecule is CCc1ccc(CN(C)C(=O)c2cc(=O)c3ccccc3o2)nc1. The van der Waals surface area contributed by atoms with Gasteiger partial charge in [0.15, 0.2) is 11.2 Å². The highest BCUT2D eigenvalue weighted by atomic mass is 16.3. The highest BCUT2D eigenvalue weighted by Gasteiger charge is 2.17. The Morgan fingerprint density at radius 3 is 2.71 bits per heavy atom. The molecule has 0 radical (unpaired) electrons. The number of nitrogens with zero attached hydrogens (tertiary/aromatic N) is 2. The molecule has 0 atom stereocenters. The smallest absolute Gasteiger partial charge is 0.289 e. The Morgan fingerprint density at radius 2 is 2.00 bits per heavy atom. The predicted molar refractivity (Wildman–Crippen MR) is 91.9 cm³/mol. The van der Waals surface area contributed by atoms with E-state index in [1.807, 2.05) is 18.3 Å². The highest BCUT2D eigenvalue weighted by molar-refractivity contribution is 5.92. The summed E-state index contributed by atoms with van der Waals surface area (Å²) in [6.07, 6.45) is 2.73. The Labute approximate surface area is 139 Å². The van der Waals surface area contributed by atoms with Gasteiger partial charge in [0, 0.05) is 19.3 Å². The average Bonchev–Trinajstić information content (AvgIpc) is 2.61. The summed E-state index contributed by atoms with van der Waals surface area (Å²) in [6.45, 7) is 2.41. The maximum Gasteiger partial charge on any atom is 0.289 e. The van der Waals surface area contributed by atoms with Crippen LogP contribution in [0.5, 0.6) is 0 Å². The Morgan fingerprint density at radius 1 is 1.21 bits per heavy atom. The molecule has 24 heavy (non-hydrogen) atoms. The Kier molecular flexibility index (Phi) is 4.42. The number of amides is 1. The minimum Gasteiger partial charge on any atom is -0.451 e. The van der Waals surface area contributed by atoms with E-state index in [1.165, 1.54) is 11.0 Å². The number of aryl methyl sites for hydroxylation is 1. The van der Waals surface area contributed by atoms with Crippen LogP contribution in [0, 0.1) is 0 Å². The first-order valence-electron chi connectivity index (χ1n) is 7.80. The normalized spacial score (nSPS) is 10.8. The third-order valence-electron chi connectivity index (χ3n) is 3.89. The van der Waals surface area contributed by atoms with Crippen LogP contribution in [-0.4, -0.2) is 22.8 Å². The maximum atomic E-state index is 12.5. The van der Waals surface area contributed by atoms with Gasteiger partial charge >= 0.3 is 0 Å². The molecular weight excluding hydrogens is 304 g/mol. The first-order chi connectivity index (χ1) is 11.6. The summed E-state index contributed by atoms with van der Waals surface area (Å²) in [7, 11) is 1.66. The number of pyridine rings is 1. The molecule has 0 N–H and O–H groups in total. The molecule has 0 aliphatic carbocycles. The largest absolute Gasteiger partial charge is 0.451 e. The number of hydrogen-bond donors (Lipinski definition) is 0. The van der Waals surface area contributed by atoms with Crippen molar-refractivity contribution in [1.29, 1.82) is 0 Å². The van der Waals surface area contributed by atoms with Gasteiger partial charge in [0.2, 0.25) is 0 Å². The van der Waals surface area contributed by atoms with Crippen molar-refractivity contribution < 1.29 is 9.21 Å². The number of carbonyl (C=O) groups is 1. The van der Waals surface area contributed by atoms with Crippen LogP contribution >= 0.6 is 0 Å². The average molecular weight is 322 g/mol. The fourth-order valence-electron chi connectivity index (χ4n) is 2.47. The molecule has 0 saturated carbocycles. The lowest BCUT2D eigenvalue weighted by molar-refractivity contribution is 0.0752. The zero-order valence-corrected chi connectivity index (χ0v) is 13.7. The number of para-hydroxylation sites is 1. The zero-order chi connectivity index (χ0) is 17.1. The summed E-state index contributed by atoms with van der Waals surface area (Å²) in [5.41, 5.74) is 2.12. The van der Waals surface area contributed by atoms with Gasteiger partial charge in [-0.05, 0) is 30.2 Å². The van der Waals surface area contributed by atoms with E-state index in [9.17, 15) is 9.59 Å². The third kappa shape index (κ3) is 3.20. The minimum atomic E-state index is -0.348. The molecule has 5 nitrogen and oxygen atoms in total. The van der Waals surface area contributed by atoms with Crippen LogP contribution in [0.15, 0.2) is 57.9 Å². The fraction of sp³-hybridized carbons (Fsp3) is 0.211. The molecule has 0 fully saturated rings. The number of rotatable bonds is 4. The molecule has 3 aromatic rings. The number of carbonyl (C=O) groups excluding carboxylic acids is 1. The quantitative estimate of drug-likeness (QED) is 0.740. The zero-order valence-electron chi connectivity index (χ0n) is 13.7. The van der Waals surface area contributed by atoms with Crippen LogP contribution in [0.1, 0.15) is 28.7 Å². The summed E-state index contributed by atoms with van der Waals surface area (Å²) in [5, 5.41) is 0.466. The topological polar surface area (TPSA) is 63.4 Å². The van der Waals surface area contributed by atoms with Crippen molar-refractivity contribution in [3.8, 4) is 0 Å². The molecule has 2 aromatic heterocycles. The van der Waals surface area contributed by atoms with Gasteiger partial charge < -0.3 is 9.32 Å². The molecule has 122 valence electrons. The highest BCUT2D eigenvalue weighted by Crippen LogP contribution is 2.14. The van der Waals surface area contributed by atoms with Gasteiger partial charge in [0.05, 0.1) is 17.6 Å². The van der Waals surface area contributed by atoms with Gasteiger partial charge in [-0.15, -0.1) is 0 Å². The lowest BCUT2D eigenvalue weighted by atomic mass is 10.2. The summed E-state index contributed by atoms with van der Waals surface area (Å²) >= 11 is 0. The van der Waals surface area contributed by atoms with E-state index in [1.54, 1.807) is 31.3 Å². The summed E-state index contributed by atoms with van der Waals surface area (Å²) in [4.78, 5) is 30.5. The second-order valence-corrected chi connectivity index (χ2v) is 5.64. The molecule has 1 amide bonds. The minimum absolute atomic E-state index is 0.0337. The van der Waals surface area contributed by atoms with E-state index in [2.05, 4.69) is 11.9 Å². The standard InChI is InChI=1S/C19H18N2O3/c1-3-13-8-9-14(20-11-13)12-21(2)19(23)18-10-16(22)15-6-4-5-7-17(15)24-18/h4-11H,3,12H2,1-2H3. The van der Waals surface area contributed by atoms with Gasteiger partial charge in [-0.2, -0.15) is 0 Å². The van der Waals surface area contributed by atoms with Crippen LogP contribution < -0.4 is 5.43 Å². The van der Waals surface area contributed by atoms with Gasteiger partial charge in [-0.1, -0.05) is 25.1 Å². The monoisotopic (exact) mass is 322 g/mol. The van der Waals surface area contributed by atoms with E-state index in [0.717, 1.165) is 17.7 Å². The molecule has 0 aliphatic heterocycles. The second kappa shape index (κ2) is 6.66. The molecule has 0 saturated heterocycles. The van der Waals surface area contributed by atoms with Crippen LogP contribution in [0.4, 0.5) is 0 Å². The molecule has 0 spiro atoms. The van der Waals surface area contributed by atoms with E-state index >= 15 is 0 Å². The predicted octanol–water partition coefficient (Wildman–Crippen LogP) is 3.02. The number of fused-ring (bicyclic) bond motifs is 1. The Bertz CT molecular complexity index is 929. The van der Waals surface area contributed by atoms with Crippen molar-refractivity contribution in [3.63, 3.8) is 0 Å². The molecule has 3 rings (SSSR count).